The molecule has 1 heterocycles. The molecule has 2 rings (SSSR count). The van der Waals surface area contributed by atoms with E-state index >= 15 is 0 Å². The van der Waals surface area contributed by atoms with E-state index in [0.717, 1.165) is 0 Å². The van der Waals surface area contributed by atoms with Crippen molar-refractivity contribution in [1.29, 1.82) is 0 Å². The average molecular weight is 276 g/mol. The van der Waals surface area contributed by atoms with Crippen molar-refractivity contribution in [1.82, 2.24) is 9.97 Å². The fraction of sp³-hybridized carbons (Fsp3) is 0.429. The molecule has 0 fully saturated rings. The number of nitrogens with one attached hydrogen (secondary N) is 1. The predicted molar refractivity (Wildman–Crippen MR) is 81.0 cm³/mol. The van der Waals surface area contributed by atoms with Gasteiger partial charge in [0.15, 0.2) is 0 Å². The van der Waals surface area contributed by atoms with Crippen LogP contribution in [0, 0.1) is 0 Å². The quantitative estimate of drug-likeness (QED) is 0.711. The van der Waals surface area contributed by atoms with Crippen molar-refractivity contribution in [2.75, 3.05) is 23.8 Å². The number of H-pyrrole nitrogens is 1. The largest absolute Gasteiger partial charge is 0.399 e. The second kappa shape index (κ2) is 5.92. The number of nitrogen functional groups attached to an aromatic ring is 1. The van der Waals surface area contributed by atoms with E-state index in [1.54, 1.807) is 18.2 Å². The lowest BCUT2D eigenvalue weighted by atomic mass is 10.2. The Bertz CT molecular complexity index is 651. The van der Waals surface area contributed by atoms with Crippen molar-refractivity contribution in [3.05, 3.63) is 28.6 Å². The van der Waals surface area contributed by atoms with E-state index in [1.165, 1.54) is 0 Å². The number of aromatic nitrogens is 2. The lowest BCUT2D eigenvalue weighted by Gasteiger charge is -2.27. The first kappa shape index (κ1) is 14.3. The van der Waals surface area contributed by atoms with Crippen LogP contribution in [0.2, 0.25) is 0 Å². The van der Waals surface area contributed by atoms with Gasteiger partial charge in [0.2, 0.25) is 5.95 Å². The molecule has 0 amide bonds. The van der Waals surface area contributed by atoms with Crippen LogP contribution >= 0.6 is 0 Å². The number of aromatic amines is 1. The fourth-order valence-corrected chi connectivity index (χ4v) is 2.13. The van der Waals surface area contributed by atoms with Gasteiger partial charge in [-0.2, -0.15) is 0 Å². The Morgan fingerprint density at radius 2 is 2.20 bits per heavy atom. The normalized spacial score (nSPS) is 11.2. The highest BCUT2D eigenvalue weighted by Crippen LogP contribution is 2.16. The van der Waals surface area contributed by atoms with Gasteiger partial charge in [0, 0.05) is 24.9 Å². The number of anilines is 2. The van der Waals surface area contributed by atoms with Crippen LogP contribution in [0.25, 0.3) is 10.9 Å². The molecule has 0 atom stereocenters. The van der Waals surface area contributed by atoms with Gasteiger partial charge in [-0.1, -0.05) is 0 Å². The summed E-state index contributed by atoms with van der Waals surface area (Å²) in [7, 11) is 0. The molecule has 6 heteroatoms. The standard InChI is InChI=1S/C14H20N4O2/c1-9(2)18(6-3-7-19)14-16-12-5-4-10(15)8-11(12)13(20)17-14/h4-5,8-9,19H,3,6-7,15H2,1-2H3,(H,16,17,20). The first-order valence-electron chi connectivity index (χ1n) is 6.70. The van der Waals surface area contributed by atoms with E-state index in [1.807, 2.05) is 18.7 Å². The number of fused-ring (bicyclic) bond motifs is 1. The Kier molecular flexibility index (Phi) is 4.24. The molecule has 108 valence electrons. The van der Waals surface area contributed by atoms with Gasteiger partial charge in [-0.25, -0.2) is 4.98 Å². The zero-order chi connectivity index (χ0) is 14.7. The predicted octanol–water partition coefficient (Wildman–Crippen LogP) is 1.10. The van der Waals surface area contributed by atoms with Crippen LogP contribution in [0.1, 0.15) is 20.3 Å². The molecule has 0 aliphatic rings. The van der Waals surface area contributed by atoms with E-state index in [0.29, 0.717) is 35.5 Å². The maximum absolute atomic E-state index is 12.1. The minimum absolute atomic E-state index is 0.109. The van der Waals surface area contributed by atoms with Gasteiger partial charge in [0.1, 0.15) is 0 Å². The molecular weight excluding hydrogens is 256 g/mol. The number of nitrogens with zero attached hydrogens (tertiary/aromatic N) is 2. The van der Waals surface area contributed by atoms with Crippen molar-refractivity contribution < 1.29 is 5.11 Å². The van der Waals surface area contributed by atoms with Gasteiger partial charge >= 0.3 is 0 Å². The van der Waals surface area contributed by atoms with Crippen LogP contribution in [0.15, 0.2) is 23.0 Å². The van der Waals surface area contributed by atoms with Gasteiger partial charge in [-0.05, 0) is 38.5 Å². The molecule has 0 spiro atoms. The molecule has 0 saturated carbocycles. The Morgan fingerprint density at radius 3 is 2.85 bits per heavy atom. The van der Waals surface area contributed by atoms with E-state index in [2.05, 4.69) is 9.97 Å². The maximum Gasteiger partial charge on any atom is 0.260 e. The lowest BCUT2D eigenvalue weighted by molar-refractivity contribution is 0.288. The van der Waals surface area contributed by atoms with Crippen LogP contribution in [0.3, 0.4) is 0 Å². The molecule has 1 aromatic heterocycles. The summed E-state index contributed by atoms with van der Waals surface area (Å²) in [5.41, 5.74) is 6.64. The highest BCUT2D eigenvalue weighted by molar-refractivity contribution is 5.81. The molecule has 0 saturated heterocycles. The average Bonchev–Trinajstić information content (AvgIpc) is 2.40. The molecule has 2 aromatic rings. The highest BCUT2D eigenvalue weighted by atomic mass is 16.3. The van der Waals surface area contributed by atoms with Crippen molar-refractivity contribution in [3.63, 3.8) is 0 Å². The summed E-state index contributed by atoms with van der Waals surface area (Å²) in [5, 5.41) is 9.45. The third-order valence-corrected chi connectivity index (χ3v) is 3.17. The topological polar surface area (TPSA) is 95.2 Å². The molecule has 0 aliphatic carbocycles. The van der Waals surface area contributed by atoms with Crippen LogP contribution < -0.4 is 16.2 Å². The Balaban J connectivity index is 2.48. The molecule has 0 aliphatic heterocycles. The molecule has 0 radical (unpaired) electrons. The van der Waals surface area contributed by atoms with Gasteiger partial charge < -0.3 is 15.7 Å². The summed E-state index contributed by atoms with van der Waals surface area (Å²) in [6.45, 7) is 4.78. The number of rotatable bonds is 5. The second-order valence-corrected chi connectivity index (χ2v) is 5.03. The smallest absolute Gasteiger partial charge is 0.260 e. The first-order chi connectivity index (χ1) is 9.52. The summed E-state index contributed by atoms with van der Waals surface area (Å²) in [4.78, 5) is 21.4. The number of hydrogen-bond acceptors (Lipinski definition) is 5. The summed E-state index contributed by atoms with van der Waals surface area (Å²) in [6.07, 6.45) is 0.627. The molecule has 6 nitrogen and oxygen atoms in total. The van der Waals surface area contributed by atoms with Gasteiger partial charge in [0.25, 0.3) is 5.56 Å². The Morgan fingerprint density at radius 1 is 1.45 bits per heavy atom. The molecule has 1 aromatic carbocycles. The molecule has 0 unspecified atom stereocenters. The molecule has 0 bridgehead atoms. The van der Waals surface area contributed by atoms with E-state index in [9.17, 15) is 4.79 Å². The first-order valence-corrected chi connectivity index (χ1v) is 6.70. The third kappa shape index (κ3) is 2.91. The van der Waals surface area contributed by atoms with E-state index in [-0.39, 0.29) is 18.2 Å². The van der Waals surface area contributed by atoms with Crippen molar-refractivity contribution in [3.8, 4) is 0 Å². The molecule has 20 heavy (non-hydrogen) atoms. The Hall–Kier alpha value is -2.08. The highest BCUT2D eigenvalue weighted by Gasteiger charge is 2.14. The fourth-order valence-electron chi connectivity index (χ4n) is 2.13. The second-order valence-electron chi connectivity index (χ2n) is 5.03. The number of nitrogens with two attached hydrogens (primary N) is 1. The Labute approximate surface area is 117 Å². The van der Waals surface area contributed by atoms with Gasteiger partial charge in [0.05, 0.1) is 10.9 Å². The van der Waals surface area contributed by atoms with Crippen LogP contribution in [-0.2, 0) is 0 Å². The van der Waals surface area contributed by atoms with Crippen molar-refractivity contribution in [2.24, 2.45) is 0 Å². The SMILES string of the molecule is CC(C)N(CCCO)c1nc2ccc(N)cc2c(=O)[nH]1. The monoisotopic (exact) mass is 276 g/mol. The van der Waals surface area contributed by atoms with Crippen LogP contribution in [-0.4, -0.2) is 34.3 Å². The molecular formula is C14H20N4O2. The minimum Gasteiger partial charge on any atom is -0.399 e. The molecule has 4 N–H and O–H groups in total. The van der Waals surface area contributed by atoms with Crippen molar-refractivity contribution >= 4 is 22.5 Å². The van der Waals surface area contributed by atoms with Gasteiger partial charge in [-0.15, -0.1) is 0 Å². The van der Waals surface area contributed by atoms with Crippen LogP contribution in [0.4, 0.5) is 11.6 Å². The number of aliphatic hydroxyl groups is 1. The summed E-state index contributed by atoms with van der Waals surface area (Å²) >= 11 is 0. The summed E-state index contributed by atoms with van der Waals surface area (Å²) in [5.74, 6) is 0.524. The number of aliphatic hydroxyl groups excluding tert-OH is 1. The minimum atomic E-state index is -0.202. The maximum atomic E-state index is 12.1. The van der Waals surface area contributed by atoms with Gasteiger partial charge in [-0.3, -0.25) is 9.78 Å². The lowest BCUT2D eigenvalue weighted by Crippen LogP contribution is -2.35. The third-order valence-electron chi connectivity index (χ3n) is 3.17. The zero-order valence-corrected chi connectivity index (χ0v) is 11.8. The van der Waals surface area contributed by atoms with E-state index in [4.69, 9.17) is 10.8 Å². The number of hydrogen-bond donors (Lipinski definition) is 3. The van der Waals surface area contributed by atoms with Crippen molar-refractivity contribution in [2.45, 2.75) is 26.3 Å². The van der Waals surface area contributed by atoms with Crippen LogP contribution in [0.5, 0.6) is 0 Å². The summed E-state index contributed by atoms with van der Waals surface area (Å²) < 4.78 is 0. The zero-order valence-electron chi connectivity index (χ0n) is 11.8. The summed E-state index contributed by atoms with van der Waals surface area (Å²) in [6, 6.07) is 5.27. The van der Waals surface area contributed by atoms with E-state index < -0.39 is 0 Å². The number of benzene rings is 1.